The lowest BCUT2D eigenvalue weighted by atomic mass is 10.2. The molecular formula is C11H13F3N2OS. The molecule has 18 heavy (non-hydrogen) atoms. The van der Waals surface area contributed by atoms with Gasteiger partial charge in [0, 0.05) is 10.6 Å². The van der Waals surface area contributed by atoms with E-state index in [9.17, 15) is 18.0 Å². The van der Waals surface area contributed by atoms with Crippen LogP contribution < -0.4 is 11.1 Å². The third-order valence-corrected chi connectivity index (χ3v) is 2.92. The Morgan fingerprint density at radius 1 is 1.39 bits per heavy atom. The summed E-state index contributed by atoms with van der Waals surface area (Å²) < 4.78 is 36.3. The third kappa shape index (κ3) is 4.87. The van der Waals surface area contributed by atoms with Crippen molar-refractivity contribution in [2.75, 3.05) is 5.32 Å². The zero-order valence-corrected chi connectivity index (χ0v) is 10.4. The van der Waals surface area contributed by atoms with Crippen molar-refractivity contribution < 1.29 is 18.0 Å². The van der Waals surface area contributed by atoms with Crippen molar-refractivity contribution in [1.82, 2.24) is 0 Å². The molecule has 0 bridgehead atoms. The highest BCUT2D eigenvalue weighted by Gasteiger charge is 2.29. The van der Waals surface area contributed by atoms with E-state index in [-0.39, 0.29) is 16.7 Å². The smallest absolute Gasteiger partial charge is 0.374 e. The van der Waals surface area contributed by atoms with Gasteiger partial charge in [-0.25, -0.2) is 0 Å². The molecule has 0 saturated carbocycles. The van der Waals surface area contributed by atoms with Crippen LogP contribution in [0.15, 0.2) is 29.2 Å². The number of halogens is 3. The molecule has 1 amide bonds. The molecule has 100 valence electrons. The topological polar surface area (TPSA) is 55.1 Å². The number of anilines is 1. The standard InChI is InChI=1S/C11H13F3N2OS/c1-2-9(10(15)17)16-7-3-5-8(6-4-7)18-11(12,13)14/h3-6,9,16H,2H2,1H3,(H2,15,17). The minimum atomic E-state index is -4.30. The summed E-state index contributed by atoms with van der Waals surface area (Å²) in [5.74, 6) is -0.494. The van der Waals surface area contributed by atoms with E-state index in [1.165, 1.54) is 24.3 Å². The van der Waals surface area contributed by atoms with E-state index in [4.69, 9.17) is 5.73 Å². The van der Waals surface area contributed by atoms with E-state index in [1.54, 1.807) is 6.92 Å². The molecule has 0 aliphatic rings. The van der Waals surface area contributed by atoms with E-state index < -0.39 is 17.5 Å². The summed E-state index contributed by atoms with van der Waals surface area (Å²) in [7, 11) is 0. The molecule has 1 aromatic carbocycles. The number of amides is 1. The van der Waals surface area contributed by atoms with Gasteiger partial charge in [-0.15, -0.1) is 0 Å². The van der Waals surface area contributed by atoms with Crippen LogP contribution in [0.25, 0.3) is 0 Å². The highest BCUT2D eigenvalue weighted by molar-refractivity contribution is 8.00. The summed E-state index contributed by atoms with van der Waals surface area (Å²) in [6.07, 6.45) is 0.508. The molecule has 3 nitrogen and oxygen atoms in total. The van der Waals surface area contributed by atoms with E-state index in [0.717, 1.165) is 0 Å². The van der Waals surface area contributed by atoms with E-state index in [0.29, 0.717) is 12.1 Å². The largest absolute Gasteiger partial charge is 0.446 e. The fourth-order valence-corrected chi connectivity index (χ4v) is 1.87. The minimum Gasteiger partial charge on any atom is -0.374 e. The lowest BCUT2D eigenvalue weighted by Crippen LogP contribution is -2.34. The minimum absolute atomic E-state index is 0.0974. The quantitative estimate of drug-likeness (QED) is 0.814. The molecule has 0 aromatic heterocycles. The van der Waals surface area contributed by atoms with Gasteiger partial charge in [-0.1, -0.05) is 6.92 Å². The number of hydrogen-bond acceptors (Lipinski definition) is 3. The molecule has 7 heteroatoms. The van der Waals surface area contributed by atoms with Crippen molar-refractivity contribution in [3.05, 3.63) is 24.3 Å². The van der Waals surface area contributed by atoms with Crippen LogP contribution in [0.3, 0.4) is 0 Å². The van der Waals surface area contributed by atoms with Gasteiger partial charge < -0.3 is 11.1 Å². The van der Waals surface area contributed by atoms with Gasteiger partial charge in [0.15, 0.2) is 0 Å². The van der Waals surface area contributed by atoms with E-state index in [2.05, 4.69) is 5.32 Å². The number of primary amides is 1. The Balaban J connectivity index is 2.68. The van der Waals surface area contributed by atoms with Gasteiger partial charge in [-0.3, -0.25) is 4.79 Å². The molecule has 1 rings (SSSR count). The lowest BCUT2D eigenvalue weighted by molar-refractivity contribution is -0.118. The summed E-state index contributed by atoms with van der Waals surface area (Å²) in [4.78, 5) is 11.1. The van der Waals surface area contributed by atoms with Crippen molar-refractivity contribution in [3.63, 3.8) is 0 Å². The number of alkyl halides is 3. The molecule has 0 spiro atoms. The van der Waals surface area contributed by atoms with Crippen LogP contribution in [-0.4, -0.2) is 17.5 Å². The monoisotopic (exact) mass is 278 g/mol. The predicted molar refractivity (Wildman–Crippen MR) is 65.3 cm³/mol. The zero-order chi connectivity index (χ0) is 13.8. The Hall–Kier alpha value is -1.37. The van der Waals surface area contributed by atoms with E-state index >= 15 is 0 Å². The molecule has 1 unspecified atom stereocenters. The van der Waals surface area contributed by atoms with Crippen LogP contribution in [0.5, 0.6) is 0 Å². The Morgan fingerprint density at radius 3 is 2.33 bits per heavy atom. The second-order valence-corrected chi connectivity index (χ2v) is 4.72. The summed E-state index contributed by atoms with van der Waals surface area (Å²) >= 11 is -0.179. The highest BCUT2D eigenvalue weighted by Crippen LogP contribution is 2.37. The normalized spacial score (nSPS) is 13.1. The molecule has 0 saturated heterocycles. The molecule has 0 aliphatic carbocycles. The van der Waals surface area contributed by atoms with Crippen LogP contribution in [0, 0.1) is 0 Å². The van der Waals surface area contributed by atoms with Gasteiger partial charge in [-0.05, 0) is 42.4 Å². The number of carbonyl (C=O) groups excluding carboxylic acids is 1. The summed E-state index contributed by atoms with van der Waals surface area (Å²) in [5, 5.41) is 2.85. The van der Waals surface area contributed by atoms with Crippen LogP contribution >= 0.6 is 11.8 Å². The van der Waals surface area contributed by atoms with Crippen LogP contribution in [0.1, 0.15) is 13.3 Å². The van der Waals surface area contributed by atoms with Crippen LogP contribution in [-0.2, 0) is 4.79 Å². The number of hydrogen-bond donors (Lipinski definition) is 2. The first-order valence-electron chi connectivity index (χ1n) is 5.23. The lowest BCUT2D eigenvalue weighted by Gasteiger charge is -2.15. The second-order valence-electron chi connectivity index (χ2n) is 3.58. The van der Waals surface area contributed by atoms with Crippen LogP contribution in [0.2, 0.25) is 0 Å². The van der Waals surface area contributed by atoms with Gasteiger partial charge in [0.25, 0.3) is 0 Å². The van der Waals surface area contributed by atoms with Crippen molar-refractivity contribution >= 4 is 23.4 Å². The molecule has 1 atom stereocenters. The fourth-order valence-electron chi connectivity index (χ4n) is 1.33. The number of benzene rings is 1. The van der Waals surface area contributed by atoms with Gasteiger partial charge in [0.2, 0.25) is 5.91 Å². The first-order valence-corrected chi connectivity index (χ1v) is 6.05. The molecule has 1 aromatic rings. The molecule has 3 N–H and O–H groups in total. The van der Waals surface area contributed by atoms with Crippen molar-refractivity contribution in [2.24, 2.45) is 5.73 Å². The first-order chi connectivity index (χ1) is 8.31. The number of nitrogens with one attached hydrogen (secondary N) is 1. The molecule has 0 aliphatic heterocycles. The van der Waals surface area contributed by atoms with E-state index in [1.807, 2.05) is 0 Å². The Morgan fingerprint density at radius 2 is 1.94 bits per heavy atom. The van der Waals surface area contributed by atoms with Crippen LogP contribution in [0.4, 0.5) is 18.9 Å². The van der Waals surface area contributed by atoms with Crippen molar-refractivity contribution in [1.29, 1.82) is 0 Å². The summed E-state index contributed by atoms with van der Waals surface area (Å²) in [6, 6.07) is 5.13. The Labute approximate surface area is 107 Å². The molecular weight excluding hydrogens is 265 g/mol. The Bertz CT molecular complexity index is 406. The maximum Gasteiger partial charge on any atom is 0.446 e. The fraction of sp³-hybridized carbons (Fsp3) is 0.364. The summed E-state index contributed by atoms with van der Waals surface area (Å²) in [6.45, 7) is 1.79. The SMILES string of the molecule is CCC(Nc1ccc(SC(F)(F)F)cc1)C(N)=O. The maximum atomic E-state index is 12.1. The summed E-state index contributed by atoms with van der Waals surface area (Å²) in [5.41, 5.74) is 1.42. The van der Waals surface area contributed by atoms with Crippen molar-refractivity contribution in [2.45, 2.75) is 29.8 Å². The number of thioether (sulfide) groups is 1. The first kappa shape index (κ1) is 14.7. The van der Waals surface area contributed by atoms with Gasteiger partial charge in [-0.2, -0.15) is 13.2 Å². The molecule has 0 heterocycles. The average Bonchev–Trinajstić information content (AvgIpc) is 2.25. The highest BCUT2D eigenvalue weighted by atomic mass is 32.2. The third-order valence-electron chi connectivity index (χ3n) is 2.18. The molecule has 0 fully saturated rings. The number of rotatable bonds is 5. The Kier molecular flexibility index (Phi) is 4.89. The zero-order valence-electron chi connectivity index (χ0n) is 9.62. The van der Waals surface area contributed by atoms with Gasteiger partial charge in [0.05, 0.1) is 0 Å². The van der Waals surface area contributed by atoms with Gasteiger partial charge in [0.1, 0.15) is 6.04 Å². The second kappa shape index (κ2) is 5.99. The average molecular weight is 278 g/mol. The predicted octanol–water partition coefficient (Wildman–Crippen LogP) is 2.97. The maximum absolute atomic E-state index is 12.1. The number of carbonyl (C=O) groups is 1. The van der Waals surface area contributed by atoms with Gasteiger partial charge >= 0.3 is 5.51 Å². The molecule has 0 radical (unpaired) electrons. The number of nitrogens with two attached hydrogens (primary N) is 1. The van der Waals surface area contributed by atoms with Crippen molar-refractivity contribution in [3.8, 4) is 0 Å².